The number of carbonyl (C=O) groups excluding carboxylic acids is 1. The molecule has 0 spiro atoms. The number of hydrogen-bond donors (Lipinski definition) is 2. The van der Waals surface area contributed by atoms with Crippen molar-refractivity contribution in [1.82, 2.24) is 10.2 Å². The summed E-state index contributed by atoms with van der Waals surface area (Å²) in [5.41, 5.74) is 2.98. The molecule has 2 N–H and O–H groups in total. The molecule has 7 heteroatoms. The van der Waals surface area contributed by atoms with Crippen LogP contribution in [0.25, 0.3) is 0 Å². The average molecular weight is 510 g/mol. The molecule has 6 nitrogen and oxygen atoms in total. The lowest BCUT2D eigenvalue weighted by Crippen LogP contribution is -2.44. The average Bonchev–Trinajstić information content (AvgIpc) is 3.30. The van der Waals surface area contributed by atoms with E-state index in [1.807, 2.05) is 45.1 Å². The Labute approximate surface area is 222 Å². The first-order valence-corrected chi connectivity index (χ1v) is 14.1. The Morgan fingerprint density at radius 1 is 1.22 bits per heavy atom. The highest BCUT2D eigenvalue weighted by Gasteiger charge is 2.39. The Balaban J connectivity index is 2.40. The fourth-order valence-corrected chi connectivity index (χ4v) is 5.27. The molecule has 1 amide bonds. The number of thioether (sulfide) groups is 1. The van der Waals surface area contributed by atoms with Gasteiger partial charge in [0.25, 0.3) is 5.91 Å². The predicted molar refractivity (Wildman–Crippen MR) is 157 cm³/mol. The van der Waals surface area contributed by atoms with Gasteiger partial charge < -0.3 is 15.6 Å². The van der Waals surface area contributed by atoms with Crippen molar-refractivity contribution < 1.29 is 4.79 Å². The summed E-state index contributed by atoms with van der Waals surface area (Å²) in [4.78, 5) is 24.8. The van der Waals surface area contributed by atoms with Gasteiger partial charge in [-0.15, -0.1) is 11.8 Å². The van der Waals surface area contributed by atoms with Crippen LogP contribution in [0.5, 0.6) is 0 Å². The van der Waals surface area contributed by atoms with Crippen LogP contribution in [-0.4, -0.2) is 52.4 Å². The molecule has 0 aromatic carbocycles. The predicted octanol–water partition coefficient (Wildman–Crippen LogP) is 6.45. The van der Waals surface area contributed by atoms with Gasteiger partial charge in [-0.3, -0.25) is 14.8 Å². The summed E-state index contributed by atoms with van der Waals surface area (Å²) in [6.45, 7) is 13.7. The van der Waals surface area contributed by atoms with Crippen LogP contribution in [0, 0.1) is 11.3 Å². The lowest BCUT2D eigenvalue weighted by molar-refractivity contribution is -0.115. The zero-order valence-electron chi connectivity index (χ0n) is 22.8. The zero-order chi connectivity index (χ0) is 26.5. The maximum Gasteiger partial charge on any atom is 0.270 e. The van der Waals surface area contributed by atoms with Crippen molar-refractivity contribution in [3.05, 3.63) is 59.3 Å². The van der Waals surface area contributed by atoms with E-state index in [1.165, 1.54) is 0 Å². The lowest BCUT2D eigenvalue weighted by atomic mass is 9.99. The number of amides is 1. The standard InChI is InChI=1S/C29H43N5OS/c1-7-12-14-24(30)23-19-32-28(27(21(6)11-5)36-17-10-4)34-20-22(18-26(23)34)33-29(35)25(15-13-8-2)31-16-9-3/h9-10,12-17,21-22,27,30H,7-8,11,18-20H2,1-6H3,(H,33,35)/b14-12-,15-13-,16-9-,17-10-,30-24?,31-25+. The quantitative estimate of drug-likeness (QED) is 0.280. The van der Waals surface area contributed by atoms with Crippen LogP contribution in [0.1, 0.15) is 67.2 Å². The lowest BCUT2D eigenvalue weighted by Gasteiger charge is -2.34. The first-order chi connectivity index (χ1) is 17.4. The number of carbonyl (C=O) groups is 1. The molecule has 196 valence electrons. The van der Waals surface area contributed by atoms with E-state index in [9.17, 15) is 4.79 Å². The maximum absolute atomic E-state index is 13.1. The number of nitrogens with zero attached hydrogens (tertiary/aromatic N) is 3. The van der Waals surface area contributed by atoms with Crippen molar-refractivity contribution in [1.29, 1.82) is 5.41 Å². The van der Waals surface area contributed by atoms with Crippen LogP contribution in [0.15, 0.2) is 69.3 Å². The molecule has 2 heterocycles. The van der Waals surface area contributed by atoms with E-state index >= 15 is 0 Å². The highest BCUT2D eigenvalue weighted by Crippen LogP contribution is 2.35. The molecule has 0 bridgehead atoms. The van der Waals surface area contributed by atoms with Crippen molar-refractivity contribution >= 4 is 34.9 Å². The number of amidine groups is 1. The summed E-state index contributed by atoms with van der Waals surface area (Å²) in [5.74, 6) is 1.33. The summed E-state index contributed by atoms with van der Waals surface area (Å²) < 4.78 is 0. The minimum absolute atomic E-state index is 0.0797. The fraction of sp³-hybridized carbons (Fsp3) is 0.517. The van der Waals surface area contributed by atoms with E-state index < -0.39 is 0 Å². The van der Waals surface area contributed by atoms with Gasteiger partial charge in [0.15, 0.2) is 0 Å². The van der Waals surface area contributed by atoms with Crippen LogP contribution >= 0.6 is 11.8 Å². The Morgan fingerprint density at radius 2 is 1.94 bits per heavy atom. The maximum atomic E-state index is 13.1. The number of aliphatic imine (C=N–C) groups is 2. The molecular weight excluding hydrogens is 466 g/mol. The van der Waals surface area contributed by atoms with Gasteiger partial charge in [0, 0.05) is 30.4 Å². The van der Waals surface area contributed by atoms with Gasteiger partial charge in [0.2, 0.25) is 0 Å². The van der Waals surface area contributed by atoms with Crippen LogP contribution in [0.3, 0.4) is 0 Å². The van der Waals surface area contributed by atoms with E-state index in [0.717, 1.165) is 36.4 Å². The second-order valence-electron chi connectivity index (χ2n) is 9.03. The molecule has 0 aromatic rings. The smallest absolute Gasteiger partial charge is 0.270 e. The summed E-state index contributed by atoms with van der Waals surface area (Å²) in [7, 11) is 0. The highest BCUT2D eigenvalue weighted by atomic mass is 32.2. The summed E-state index contributed by atoms with van der Waals surface area (Å²) in [6.07, 6.45) is 16.6. The highest BCUT2D eigenvalue weighted by molar-refractivity contribution is 8.03. The first kappa shape index (κ1) is 29.6. The molecule has 0 radical (unpaired) electrons. The van der Waals surface area contributed by atoms with Gasteiger partial charge >= 0.3 is 0 Å². The van der Waals surface area contributed by atoms with Crippen LogP contribution in [-0.2, 0) is 4.79 Å². The molecular formula is C29H43N5OS. The SMILES string of the molecule is C\C=C/N=C(\C=C/CC)C(=O)NC1CC2=C(C(=N)/C=C\CC)CN=C(C(S/C=C\C)C(C)CC)N2C1. The minimum atomic E-state index is -0.175. The zero-order valence-corrected chi connectivity index (χ0v) is 23.6. The van der Waals surface area contributed by atoms with Crippen LogP contribution in [0.4, 0.5) is 0 Å². The topological polar surface area (TPSA) is 80.9 Å². The van der Waals surface area contributed by atoms with Gasteiger partial charge in [-0.25, -0.2) is 0 Å². The third-order valence-electron chi connectivity index (χ3n) is 6.26. The van der Waals surface area contributed by atoms with Crippen molar-refractivity contribution in [2.75, 3.05) is 13.1 Å². The Bertz CT molecular complexity index is 986. The molecule has 1 fully saturated rings. The molecule has 2 aliphatic heterocycles. The fourth-order valence-electron chi connectivity index (χ4n) is 4.16. The largest absolute Gasteiger partial charge is 0.346 e. The van der Waals surface area contributed by atoms with Gasteiger partial charge in [0.1, 0.15) is 11.5 Å². The van der Waals surface area contributed by atoms with E-state index in [-0.39, 0.29) is 17.2 Å². The van der Waals surface area contributed by atoms with Crippen LogP contribution in [0.2, 0.25) is 0 Å². The number of allylic oxidation sites excluding steroid dienone is 5. The third kappa shape index (κ3) is 7.92. The van der Waals surface area contributed by atoms with E-state index in [0.29, 0.717) is 36.9 Å². The van der Waals surface area contributed by atoms with Crippen LogP contribution < -0.4 is 5.32 Å². The Morgan fingerprint density at radius 3 is 2.58 bits per heavy atom. The molecule has 2 rings (SSSR count). The molecule has 2 aliphatic rings. The molecule has 0 aromatic heterocycles. The van der Waals surface area contributed by atoms with Crippen molar-refractivity contribution in [2.45, 2.75) is 78.5 Å². The summed E-state index contributed by atoms with van der Waals surface area (Å²) in [6, 6.07) is -0.0797. The first-order valence-electron chi connectivity index (χ1n) is 13.1. The molecule has 3 atom stereocenters. The van der Waals surface area contributed by atoms with E-state index in [2.05, 4.69) is 47.5 Å². The Kier molecular flexibility index (Phi) is 12.7. The second kappa shape index (κ2) is 15.4. The number of rotatable bonds is 13. The number of hydrogen-bond acceptors (Lipinski definition) is 6. The van der Waals surface area contributed by atoms with Gasteiger partial charge in [0.05, 0.1) is 23.5 Å². The van der Waals surface area contributed by atoms with E-state index in [4.69, 9.17) is 10.4 Å². The molecule has 36 heavy (non-hydrogen) atoms. The van der Waals surface area contributed by atoms with Gasteiger partial charge in [-0.2, -0.15) is 0 Å². The summed E-state index contributed by atoms with van der Waals surface area (Å²) in [5, 5.41) is 14.3. The van der Waals surface area contributed by atoms with Gasteiger partial charge in [-0.1, -0.05) is 58.4 Å². The normalized spacial score (nSPS) is 20.6. The molecule has 3 unspecified atom stereocenters. The second-order valence-corrected chi connectivity index (χ2v) is 10.1. The minimum Gasteiger partial charge on any atom is -0.346 e. The monoisotopic (exact) mass is 509 g/mol. The number of fused-ring (bicyclic) bond motifs is 1. The van der Waals surface area contributed by atoms with Crippen molar-refractivity contribution in [2.24, 2.45) is 15.9 Å². The molecule has 0 aliphatic carbocycles. The summed E-state index contributed by atoms with van der Waals surface area (Å²) >= 11 is 1.80. The van der Waals surface area contributed by atoms with Crippen molar-refractivity contribution in [3.63, 3.8) is 0 Å². The Hall–Kier alpha value is -2.67. The molecule has 0 saturated carbocycles. The molecule has 1 saturated heterocycles. The number of nitrogens with one attached hydrogen (secondary N) is 2. The third-order valence-corrected chi connectivity index (χ3v) is 7.65. The van der Waals surface area contributed by atoms with Gasteiger partial charge in [-0.05, 0) is 50.2 Å². The van der Waals surface area contributed by atoms with Crippen molar-refractivity contribution in [3.8, 4) is 0 Å². The van der Waals surface area contributed by atoms with E-state index in [1.54, 1.807) is 24.0 Å².